The Morgan fingerprint density at radius 2 is 2.06 bits per heavy atom. The van der Waals surface area contributed by atoms with Gasteiger partial charge in [-0.25, -0.2) is 4.39 Å². The topological polar surface area (TPSA) is 83.8 Å². The first-order valence-electron chi connectivity index (χ1n) is 12.0. The standard InChI is InChI=1S/C27H29FN6O2.H2/c1-17-13-18(7-10-22(17)27(35)31-20-8-9-20)23-16-30-34-24(29-11-12-33(2)3)15-25(32-26(23)34)36-21-6-4-5-19(28)14-21;/h4-7,10,13-16,20,29H,8-9,11-12H2,1-3H3,(H,31,35);1H. The van der Waals surface area contributed by atoms with Crippen molar-refractivity contribution in [3.05, 3.63) is 71.7 Å². The summed E-state index contributed by atoms with van der Waals surface area (Å²) in [5.41, 5.74) is 3.82. The number of nitrogens with one attached hydrogen (secondary N) is 2. The number of halogens is 1. The molecule has 1 aliphatic rings. The van der Waals surface area contributed by atoms with Gasteiger partial charge < -0.3 is 20.3 Å². The third-order valence-electron chi connectivity index (χ3n) is 6.03. The molecule has 1 fully saturated rings. The molecule has 1 amide bonds. The van der Waals surface area contributed by atoms with Crippen LogP contribution in [0.2, 0.25) is 0 Å². The zero-order valence-corrected chi connectivity index (χ0v) is 20.6. The molecule has 2 aromatic heterocycles. The molecular weight excluding hydrogens is 459 g/mol. The van der Waals surface area contributed by atoms with Gasteiger partial charge in [0.05, 0.1) is 6.20 Å². The lowest BCUT2D eigenvalue weighted by molar-refractivity contribution is 0.0950. The number of likely N-dealkylation sites (N-methyl/N-ethyl adjacent to an activating group) is 1. The maximum absolute atomic E-state index is 13.7. The molecule has 1 saturated carbocycles. The second-order valence-corrected chi connectivity index (χ2v) is 9.34. The number of amides is 1. The monoisotopic (exact) mass is 490 g/mol. The average Bonchev–Trinajstić information content (AvgIpc) is 3.54. The largest absolute Gasteiger partial charge is 0.439 e. The van der Waals surface area contributed by atoms with E-state index in [1.165, 1.54) is 12.1 Å². The Hall–Kier alpha value is -3.98. The van der Waals surface area contributed by atoms with E-state index in [0.717, 1.165) is 36.1 Å². The molecule has 5 rings (SSSR count). The molecule has 0 atom stereocenters. The number of benzene rings is 2. The quantitative estimate of drug-likeness (QED) is 0.352. The first-order valence-corrected chi connectivity index (χ1v) is 12.0. The van der Waals surface area contributed by atoms with Crippen LogP contribution in [0.1, 0.15) is 30.2 Å². The van der Waals surface area contributed by atoms with Gasteiger partial charge in [-0.05, 0) is 63.2 Å². The Kier molecular flexibility index (Phi) is 6.56. The molecule has 9 heteroatoms. The highest BCUT2D eigenvalue weighted by atomic mass is 19.1. The fourth-order valence-electron chi connectivity index (χ4n) is 3.96. The molecule has 188 valence electrons. The molecule has 36 heavy (non-hydrogen) atoms. The van der Waals surface area contributed by atoms with Gasteiger partial charge in [0.2, 0.25) is 5.88 Å². The van der Waals surface area contributed by atoms with Gasteiger partial charge in [0.1, 0.15) is 17.4 Å². The number of hydrogen-bond acceptors (Lipinski definition) is 6. The van der Waals surface area contributed by atoms with Gasteiger partial charge in [-0.15, -0.1) is 0 Å². The van der Waals surface area contributed by atoms with E-state index in [-0.39, 0.29) is 13.2 Å². The van der Waals surface area contributed by atoms with Crippen LogP contribution in [0.25, 0.3) is 16.8 Å². The summed E-state index contributed by atoms with van der Waals surface area (Å²) in [7, 11) is 4.01. The van der Waals surface area contributed by atoms with Gasteiger partial charge in [-0.3, -0.25) is 4.79 Å². The minimum atomic E-state index is -0.385. The minimum Gasteiger partial charge on any atom is -0.439 e. The highest BCUT2D eigenvalue weighted by molar-refractivity contribution is 5.97. The van der Waals surface area contributed by atoms with Crippen LogP contribution in [0, 0.1) is 12.7 Å². The maximum Gasteiger partial charge on any atom is 0.251 e. The summed E-state index contributed by atoms with van der Waals surface area (Å²) >= 11 is 0. The van der Waals surface area contributed by atoms with E-state index < -0.39 is 0 Å². The van der Waals surface area contributed by atoms with Crippen molar-refractivity contribution in [3.63, 3.8) is 0 Å². The van der Waals surface area contributed by atoms with Crippen LogP contribution >= 0.6 is 0 Å². The van der Waals surface area contributed by atoms with E-state index in [4.69, 9.17) is 9.72 Å². The number of carbonyl (C=O) groups is 1. The molecule has 1 aliphatic carbocycles. The molecule has 0 unspecified atom stereocenters. The lowest BCUT2D eigenvalue weighted by Crippen LogP contribution is -2.26. The Bertz CT molecular complexity index is 1420. The number of nitrogens with zero attached hydrogens (tertiary/aromatic N) is 4. The summed E-state index contributed by atoms with van der Waals surface area (Å²) in [6.45, 7) is 3.43. The Labute approximate surface area is 210 Å². The molecule has 0 radical (unpaired) electrons. The summed E-state index contributed by atoms with van der Waals surface area (Å²) < 4.78 is 21.4. The molecule has 4 aromatic rings. The molecule has 2 heterocycles. The van der Waals surface area contributed by atoms with Gasteiger partial charge in [0.25, 0.3) is 5.91 Å². The lowest BCUT2D eigenvalue weighted by atomic mass is 10.0. The summed E-state index contributed by atoms with van der Waals surface area (Å²) in [4.78, 5) is 19.3. The Morgan fingerprint density at radius 1 is 1.22 bits per heavy atom. The van der Waals surface area contributed by atoms with E-state index in [9.17, 15) is 9.18 Å². The highest BCUT2D eigenvalue weighted by Gasteiger charge is 2.24. The number of ether oxygens (including phenoxy) is 1. The van der Waals surface area contributed by atoms with Gasteiger partial charge in [0, 0.05) is 43.8 Å². The number of rotatable bonds is 9. The number of aromatic nitrogens is 3. The average molecular weight is 491 g/mol. The van der Waals surface area contributed by atoms with Crippen LogP contribution in [-0.2, 0) is 0 Å². The molecule has 0 spiro atoms. The Balaban J connectivity index is 0.00000320. The third-order valence-corrected chi connectivity index (χ3v) is 6.03. The van der Waals surface area contributed by atoms with Gasteiger partial charge in [-0.1, -0.05) is 18.2 Å². The highest BCUT2D eigenvalue weighted by Crippen LogP contribution is 2.31. The van der Waals surface area contributed by atoms with Crippen LogP contribution < -0.4 is 15.4 Å². The zero-order chi connectivity index (χ0) is 25.2. The fraction of sp³-hybridized carbons (Fsp3) is 0.296. The predicted molar refractivity (Wildman–Crippen MR) is 139 cm³/mol. The van der Waals surface area contributed by atoms with E-state index in [1.54, 1.807) is 28.9 Å². The normalized spacial score (nSPS) is 13.2. The van der Waals surface area contributed by atoms with Crippen molar-refractivity contribution in [3.8, 4) is 22.8 Å². The summed E-state index contributed by atoms with van der Waals surface area (Å²) in [6, 6.07) is 13.7. The van der Waals surface area contributed by atoms with E-state index >= 15 is 0 Å². The smallest absolute Gasteiger partial charge is 0.251 e. The predicted octanol–water partition coefficient (Wildman–Crippen LogP) is 4.75. The fourth-order valence-corrected chi connectivity index (χ4v) is 3.96. The molecule has 2 N–H and O–H groups in total. The second-order valence-electron chi connectivity index (χ2n) is 9.34. The SMILES string of the molecule is Cc1cc(-c2cnn3c(NCCN(C)C)cc(Oc4cccc(F)c4)nc23)ccc1C(=O)NC1CC1.[HH]. The molecule has 2 aromatic carbocycles. The number of fused-ring (bicyclic) bond motifs is 1. The van der Waals surface area contributed by atoms with Crippen LogP contribution in [0.3, 0.4) is 0 Å². The molecular formula is C27H31FN6O2. The maximum atomic E-state index is 13.7. The third kappa shape index (κ3) is 5.31. The second kappa shape index (κ2) is 9.94. The van der Waals surface area contributed by atoms with E-state index in [2.05, 4.69) is 20.6 Å². The summed E-state index contributed by atoms with van der Waals surface area (Å²) in [6.07, 6.45) is 3.84. The van der Waals surface area contributed by atoms with Gasteiger partial charge >= 0.3 is 0 Å². The molecule has 0 bridgehead atoms. The van der Waals surface area contributed by atoms with Crippen molar-refractivity contribution in [1.29, 1.82) is 0 Å². The number of carbonyl (C=O) groups excluding carboxylic acids is 1. The number of anilines is 1. The molecule has 0 aliphatic heterocycles. The minimum absolute atomic E-state index is 0. The first kappa shape index (κ1) is 23.7. The van der Waals surface area contributed by atoms with Gasteiger partial charge in [0.15, 0.2) is 5.65 Å². The van der Waals surface area contributed by atoms with Crippen molar-refractivity contribution in [1.82, 2.24) is 24.8 Å². The van der Waals surface area contributed by atoms with Crippen molar-refractivity contribution in [2.24, 2.45) is 0 Å². The van der Waals surface area contributed by atoms with Crippen LogP contribution in [-0.4, -0.2) is 58.6 Å². The summed E-state index contributed by atoms with van der Waals surface area (Å²) in [5.74, 6) is 0.951. The first-order chi connectivity index (χ1) is 17.4. The van der Waals surface area contributed by atoms with Crippen molar-refractivity contribution < 1.29 is 15.3 Å². The van der Waals surface area contributed by atoms with E-state index in [0.29, 0.717) is 41.2 Å². The van der Waals surface area contributed by atoms with Crippen LogP contribution in [0.5, 0.6) is 11.6 Å². The van der Waals surface area contributed by atoms with Crippen molar-refractivity contribution >= 4 is 17.4 Å². The van der Waals surface area contributed by atoms with Crippen LogP contribution in [0.15, 0.2) is 54.7 Å². The van der Waals surface area contributed by atoms with Gasteiger partial charge in [-0.2, -0.15) is 14.6 Å². The lowest BCUT2D eigenvalue weighted by Gasteiger charge is -2.14. The molecule has 0 saturated heterocycles. The Morgan fingerprint density at radius 3 is 2.78 bits per heavy atom. The van der Waals surface area contributed by atoms with Crippen LogP contribution in [0.4, 0.5) is 10.2 Å². The van der Waals surface area contributed by atoms with E-state index in [1.807, 2.05) is 39.2 Å². The molecule has 8 nitrogen and oxygen atoms in total. The number of aryl methyl sites for hydroxylation is 1. The van der Waals surface area contributed by atoms with Crippen molar-refractivity contribution in [2.75, 3.05) is 32.5 Å². The zero-order valence-electron chi connectivity index (χ0n) is 20.6. The number of hydrogen-bond donors (Lipinski definition) is 2. The van der Waals surface area contributed by atoms with Crippen molar-refractivity contribution in [2.45, 2.75) is 25.8 Å². The summed E-state index contributed by atoms with van der Waals surface area (Å²) in [5, 5.41) is 11.0.